The van der Waals surface area contributed by atoms with Crippen molar-refractivity contribution in [1.29, 1.82) is 0 Å². The van der Waals surface area contributed by atoms with Crippen LogP contribution in [0.4, 0.5) is 5.82 Å². The SMILES string of the molecule is CCC1CCCCC1Oc1cc(N)nc(C)n1. The number of nitrogens with zero attached hydrogens (tertiary/aromatic N) is 2. The van der Waals surface area contributed by atoms with E-state index in [4.69, 9.17) is 10.5 Å². The molecular weight excluding hydrogens is 214 g/mol. The molecule has 2 rings (SSSR count). The van der Waals surface area contributed by atoms with Crippen molar-refractivity contribution in [2.45, 2.75) is 52.1 Å². The summed E-state index contributed by atoms with van der Waals surface area (Å²) in [6.45, 7) is 4.06. The highest BCUT2D eigenvalue weighted by Crippen LogP contribution is 2.30. The fourth-order valence-electron chi connectivity index (χ4n) is 2.57. The molecule has 94 valence electrons. The van der Waals surface area contributed by atoms with Crippen molar-refractivity contribution in [2.24, 2.45) is 5.92 Å². The average Bonchev–Trinajstić information content (AvgIpc) is 2.28. The highest BCUT2D eigenvalue weighted by Gasteiger charge is 2.25. The average molecular weight is 235 g/mol. The second-order valence-corrected chi connectivity index (χ2v) is 4.79. The van der Waals surface area contributed by atoms with Crippen LogP contribution in [0.25, 0.3) is 0 Å². The van der Waals surface area contributed by atoms with Crippen molar-refractivity contribution >= 4 is 5.82 Å². The maximum atomic E-state index is 5.99. The minimum atomic E-state index is 0.294. The van der Waals surface area contributed by atoms with Gasteiger partial charge in [0.1, 0.15) is 17.7 Å². The Hall–Kier alpha value is -1.32. The summed E-state index contributed by atoms with van der Waals surface area (Å²) in [5.41, 5.74) is 5.70. The zero-order valence-electron chi connectivity index (χ0n) is 10.6. The van der Waals surface area contributed by atoms with Gasteiger partial charge in [-0.1, -0.05) is 13.3 Å². The molecule has 1 heterocycles. The number of nitrogen functional groups attached to an aromatic ring is 1. The van der Waals surface area contributed by atoms with Crippen LogP contribution in [-0.4, -0.2) is 16.1 Å². The van der Waals surface area contributed by atoms with Gasteiger partial charge in [-0.3, -0.25) is 0 Å². The number of ether oxygens (including phenoxy) is 1. The van der Waals surface area contributed by atoms with Crippen LogP contribution in [0.2, 0.25) is 0 Å². The van der Waals surface area contributed by atoms with E-state index in [1.54, 1.807) is 6.07 Å². The first kappa shape index (κ1) is 12.1. The zero-order valence-corrected chi connectivity index (χ0v) is 10.6. The Morgan fingerprint density at radius 1 is 1.35 bits per heavy atom. The van der Waals surface area contributed by atoms with E-state index in [0.717, 1.165) is 6.42 Å². The number of aryl methyl sites for hydroxylation is 1. The van der Waals surface area contributed by atoms with Gasteiger partial charge < -0.3 is 10.5 Å². The van der Waals surface area contributed by atoms with E-state index in [-0.39, 0.29) is 0 Å². The summed E-state index contributed by atoms with van der Waals surface area (Å²) >= 11 is 0. The molecule has 0 aromatic carbocycles. The zero-order chi connectivity index (χ0) is 12.3. The predicted octanol–water partition coefficient (Wildman–Crippen LogP) is 2.71. The molecule has 4 heteroatoms. The lowest BCUT2D eigenvalue weighted by Crippen LogP contribution is -2.30. The number of hydrogen-bond acceptors (Lipinski definition) is 4. The third kappa shape index (κ3) is 3.08. The van der Waals surface area contributed by atoms with E-state index >= 15 is 0 Å². The summed E-state index contributed by atoms with van der Waals surface area (Å²) in [6.07, 6.45) is 6.43. The molecule has 2 atom stereocenters. The molecule has 0 bridgehead atoms. The largest absolute Gasteiger partial charge is 0.474 e. The molecule has 0 amide bonds. The van der Waals surface area contributed by atoms with Crippen molar-refractivity contribution < 1.29 is 4.74 Å². The van der Waals surface area contributed by atoms with Crippen LogP contribution in [-0.2, 0) is 0 Å². The lowest BCUT2D eigenvalue weighted by Gasteiger charge is -2.30. The smallest absolute Gasteiger partial charge is 0.218 e. The van der Waals surface area contributed by atoms with Crippen LogP contribution in [0.3, 0.4) is 0 Å². The van der Waals surface area contributed by atoms with Crippen molar-refractivity contribution in [3.63, 3.8) is 0 Å². The second-order valence-electron chi connectivity index (χ2n) is 4.79. The van der Waals surface area contributed by atoms with Crippen molar-refractivity contribution in [1.82, 2.24) is 9.97 Å². The quantitative estimate of drug-likeness (QED) is 0.875. The summed E-state index contributed by atoms with van der Waals surface area (Å²) in [6, 6.07) is 1.72. The van der Waals surface area contributed by atoms with E-state index in [1.165, 1.54) is 25.7 Å². The summed E-state index contributed by atoms with van der Waals surface area (Å²) in [7, 11) is 0. The first-order chi connectivity index (χ1) is 8.19. The van der Waals surface area contributed by atoms with Gasteiger partial charge in [-0.05, 0) is 38.5 Å². The van der Waals surface area contributed by atoms with Gasteiger partial charge in [0.05, 0.1) is 0 Å². The van der Waals surface area contributed by atoms with Gasteiger partial charge in [0, 0.05) is 6.07 Å². The third-order valence-corrected chi connectivity index (χ3v) is 3.47. The molecule has 17 heavy (non-hydrogen) atoms. The first-order valence-corrected chi connectivity index (χ1v) is 6.47. The van der Waals surface area contributed by atoms with Crippen molar-refractivity contribution in [3.05, 3.63) is 11.9 Å². The second kappa shape index (κ2) is 5.34. The Morgan fingerprint density at radius 3 is 2.82 bits per heavy atom. The standard InChI is InChI=1S/C13H21N3O/c1-3-10-6-4-5-7-11(10)17-13-8-12(14)15-9(2)16-13/h8,10-11H,3-7H2,1-2H3,(H2,14,15,16). The molecule has 2 N–H and O–H groups in total. The maximum Gasteiger partial charge on any atom is 0.218 e. The summed E-state index contributed by atoms with van der Waals surface area (Å²) in [4.78, 5) is 8.34. The highest BCUT2D eigenvalue weighted by molar-refractivity contribution is 5.32. The van der Waals surface area contributed by atoms with E-state index in [2.05, 4.69) is 16.9 Å². The van der Waals surface area contributed by atoms with Crippen LogP contribution >= 0.6 is 0 Å². The third-order valence-electron chi connectivity index (χ3n) is 3.47. The fraction of sp³-hybridized carbons (Fsp3) is 0.692. The van der Waals surface area contributed by atoms with E-state index in [0.29, 0.717) is 29.5 Å². The molecule has 1 saturated carbocycles. The Morgan fingerprint density at radius 2 is 2.12 bits per heavy atom. The highest BCUT2D eigenvalue weighted by atomic mass is 16.5. The fourth-order valence-corrected chi connectivity index (χ4v) is 2.57. The Labute approximate surface area is 103 Å². The van der Waals surface area contributed by atoms with Gasteiger partial charge in [-0.2, -0.15) is 4.98 Å². The Bertz CT molecular complexity index is 361. The molecule has 2 unspecified atom stereocenters. The molecule has 0 spiro atoms. The Balaban J connectivity index is 2.08. The lowest BCUT2D eigenvalue weighted by atomic mass is 9.85. The molecule has 0 aliphatic heterocycles. The van der Waals surface area contributed by atoms with Crippen LogP contribution in [0, 0.1) is 12.8 Å². The first-order valence-electron chi connectivity index (χ1n) is 6.47. The van der Waals surface area contributed by atoms with Gasteiger partial charge >= 0.3 is 0 Å². The topological polar surface area (TPSA) is 61.0 Å². The molecule has 1 fully saturated rings. The minimum absolute atomic E-state index is 0.294. The summed E-state index contributed by atoms with van der Waals surface area (Å²) in [5, 5.41) is 0. The van der Waals surface area contributed by atoms with Crippen LogP contribution in [0.5, 0.6) is 5.88 Å². The molecule has 0 saturated heterocycles. The van der Waals surface area contributed by atoms with Crippen molar-refractivity contribution in [3.8, 4) is 5.88 Å². The van der Waals surface area contributed by atoms with E-state index in [9.17, 15) is 0 Å². The maximum absolute atomic E-state index is 5.99. The summed E-state index contributed by atoms with van der Waals surface area (Å²) < 4.78 is 5.99. The molecule has 4 nitrogen and oxygen atoms in total. The van der Waals surface area contributed by atoms with Gasteiger partial charge in [0.25, 0.3) is 0 Å². The van der Waals surface area contributed by atoms with Gasteiger partial charge in [0.2, 0.25) is 5.88 Å². The van der Waals surface area contributed by atoms with E-state index in [1.807, 2.05) is 6.92 Å². The lowest BCUT2D eigenvalue weighted by molar-refractivity contribution is 0.0856. The molecule has 1 aromatic rings. The minimum Gasteiger partial charge on any atom is -0.474 e. The number of rotatable bonds is 3. The number of hydrogen-bond donors (Lipinski definition) is 1. The number of aromatic nitrogens is 2. The summed E-state index contributed by atoms with van der Waals surface area (Å²) in [5.74, 6) is 2.43. The molecule has 1 aliphatic rings. The van der Waals surface area contributed by atoms with Crippen LogP contribution in [0.15, 0.2) is 6.07 Å². The predicted molar refractivity (Wildman–Crippen MR) is 67.8 cm³/mol. The van der Waals surface area contributed by atoms with Crippen molar-refractivity contribution in [2.75, 3.05) is 5.73 Å². The molecule has 0 radical (unpaired) electrons. The number of anilines is 1. The van der Waals surface area contributed by atoms with Gasteiger partial charge in [0.15, 0.2) is 0 Å². The van der Waals surface area contributed by atoms with E-state index < -0.39 is 0 Å². The molecule has 1 aliphatic carbocycles. The van der Waals surface area contributed by atoms with Crippen LogP contribution in [0.1, 0.15) is 44.9 Å². The van der Waals surface area contributed by atoms with Gasteiger partial charge in [-0.15, -0.1) is 0 Å². The normalized spacial score (nSPS) is 24.6. The number of nitrogens with two attached hydrogens (primary N) is 1. The van der Waals surface area contributed by atoms with Crippen LogP contribution < -0.4 is 10.5 Å². The Kier molecular flexibility index (Phi) is 3.82. The van der Waals surface area contributed by atoms with Gasteiger partial charge in [-0.25, -0.2) is 4.98 Å². The monoisotopic (exact) mass is 235 g/mol. The molecule has 1 aromatic heterocycles. The molecular formula is C13H21N3O.